The molecule has 0 amide bonds. The molecule has 62 valence electrons. The molecule has 0 radical (unpaired) electrons. The lowest BCUT2D eigenvalue weighted by molar-refractivity contribution is 0.931. The third kappa shape index (κ3) is 3.76. The van der Waals surface area contributed by atoms with Gasteiger partial charge in [-0.1, -0.05) is 26.0 Å². The first kappa shape index (κ1) is 10.2. The van der Waals surface area contributed by atoms with Gasteiger partial charge < -0.3 is 0 Å². The van der Waals surface area contributed by atoms with E-state index < -0.39 is 0 Å². The third-order valence-electron chi connectivity index (χ3n) is 1.62. The van der Waals surface area contributed by atoms with E-state index in [1.165, 1.54) is 11.1 Å². The lowest BCUT2D eigenvalue weighted by atomic mass is 10.1. The Bertz CT molecular complexity index is 175. The molecule has 0 fully saturated rings. The van der Waals surface area contributed by atoms with E-state index in [4.69, 9.17) is 0 Å². The maximum Gasteiger partial charge on any atom is 0.0277 e. The standard InChI is InChI=1S/C10H17N/c1-5-7-10(8-11-4)9(3)6-2/h6,8H,2,5,7H2,1,3-4H3/b10-9-,11-8?. The molecule has 0 aliphatic heterocycles. The van der Waals surface area contributed by atoms with Gasteiger partial charge in [0.1, 0.15) is 0 Å². The summed E-state index contributed by atoms with van der Waals surface area (Å²) in [5.74, 6) is 0. The second-order valence-electron chi connectivity index (χ2n) is 2.55. The van der Waals surface area contributed by atoms with Crippen LogP contribution in [0.1, 0.15) is 26.7 Å². The fourth-order valence-corrected chi connectivity index (χ4v) is 0.920. The van der Waals surface area contributed by atoms with E-state index in [0.717, 1.165) is 12.8 Å². The minimum absolute atomic E-state index is 1.09. The molecule has 1 heteroatoms. The first-order chi connectivity index (χ1) is 5.26. The lowest BCUT2D eigenvalue weighted by Gasteiger charge is -2.01. The van der Waals surface area contributed by atoms with Crippen LogP contribution in [0.4, 0.5) is 0 Å². The maximum atomic E-state index is 3.99. The summed E-state index contributed by atoms with van der Waals surface area (Å²) in [5, 5.41) is 0. The Kier molecular flexibility index (Phi) is 5.44. The van der Waals surface area contributed by atoms with Crippen LogP contribution in [0, 0.1) is 0 Å². The zero-order chi connectivity index (χ0) is 8.69. The van der Waals surface area contributed by atoms with E-state index in [-0.39, 0.29) is 0 Å². The minimum Gasteiger partial charge on any atom is -0.296 e. The van der Waals surface area contributed by atoms with E-state index in [1.807, 2.05) is 12.3 Å². The van der Waals surface area contributed by atoms with Crippen molar-refractivity contribution >= 4 is 6.21 Å². The van der Waals surface area contributed by atoms with Gasteiger partial charge >= 0.3 is 0 Å². The number of rotatable bonds is 4. The predicted octanol–water partition coefficient (Wildman–Crippen LogP) is 2.99. The van der Waals surface area contributed by atoms with Crippen LogP contribution in [0.15, 0.2) is 28.8 Å². The summed E-state index contributed by atoms with van der Waals surface area (Å²) in [6.07, 6.45) is 6.05. The van der Waals surface area contributed by atoms with Crippen LogP contribution in [0.25, 0.3) is 0 Å². The molecular weight excluding hydrogens is 134 g/mol. The number of nitrogens with zero attached hydrogens (tertiary/aromatic N) is 1. The summed E-state index contributed by atoms with van der Waals surface area (Å²) in [6, 6.07) is 0. The summed E-state index contributed by atoms with van der Waals surface area (Å²) in [7, 11) is 1.80. The summed E-state index contributed by atoms with van der Waals surface area (Å²) in [6.45, 7) is 7.96. The molecule has 0 N–H and O–H groups in total. The van der Waals surface area contributed by atoms with Crippen LogP contribution >= 0.6 is 0 Å². The number of allylic oxidation sites excluding steroid dienone is 3. The largest absolute Gasteiger partial charge is 0.296 e. The van der Waals surface area contributed by atoms with Crippen molar-refractivity contribution in [2.45, 2.75) is 26.7 Å². The number of hydrogen-bond acceptors (Lipinski definition) is 1. The molecule has 0 aromatic carbocycles. The molecule has 0 saturated heterocycles. The molecule has 11 heavy (non-hydrogen) atoms. The Labute approximate surface area is 69.5 Å². The topological polar surface area (TPSA) is 12.4 Å². The molecule has 0 atom stereocenters. The second kappa shape index (κ2) is 5.90. The average Bonchev–Trinajstić information content (AvgIpc) is 2.03. The first-order valence-electron chi connectivity index (χ1n) is 4.00. The molecule has 0 aliphatic rings. The van der Waals surface area contributed by atoms with Gasteiger partial charge in [-0.05, 0) is 24.5 Å². The Morgan fingerprint density at radius 1 is 1.55 bits per heavy atom. The molecule has 0 aliphatic carbocycles. The van der Waals surface area contributed by atoms with Gasteiger partial charge in [-0.3, -0.25) is 4.99 Å². The highest BCUT2D eigenvalue weighted by Gasteiger charge is 1.94. The van der Waals surface area contributed by atoms with E-state index >= 15 is 0 Å². The summed E-state index contributed by atoms with van der Waals surface area (Å²) >= 11 is 0. The van der Waals surface area contributed by atoms with Crippen LogP contribution in [0.5, 0.6) is 0 Å². The third-order valence-corrected chi connectivity index (χ3v) is 1.62. The van der Waals surface area contributed by atoms with E-state index in [2.05, 4.69) is 25.4 Å². The van der Waals surface area contributed by atoms with Crippen LogP contribution < -0.4 is 0 Å². The van der Waals surface area contributed by atoms with E-state index in [1.54, 1.807) is 7.05 Å². The molecule has 0 saturated carbocycles. The van der Waals surface area contributed by atoms with E-state index in [9.17, 15) is 0 Å². The van der Waals surface area contributed by atoms with E-state index in [0.29, 0.717) is 0 Å². The van der Waals surface area contributed by atoms with Gasteiger partial charge in [0.05, 0.1) is 0 Å². The van der Waals surface area contributed by atoms with Crippen molar-refractivity contribution in [1.82, 2.24) is 0 Å². The SMILES string of the molecule is C=C/C(C)=C(\C=NC)CCC. The zero-order valence-corrected chi connectivity index (χ0v) is 7.72. The molecule has 1 nitrogen and oxygen atoms in total. The molecule has 0 aromatic rings. The van der Waals surface area contributed by atoms with Crippen molar-refractivity contribution in [3.8, 4) is 0 Å². The molecule has 0 heterocycles. The van der Waals surface area contributed by atoms with Crippen molar-refractivity contribution in [3.63, 3.8) is 0 Å². The molecule has 0 rings (SSSR count). The summed E-state index contributed by atoms with van der Waals surface area (Å²) in [4.78, 5) is 3.99. The lowest BCUT2D eigenvalue weighted by Crippen LogP contribution is -1.88. The van der Waals surface area contributed by atoms with Gasteiger partial charge in [-0.25, -0.2) is 0 Å². The quantitative estimate of drug-likeness (QED) is 0.432. The summed E-state index contributed by atoms with van der Waals surface area (Å²) < 4.78 is 0. The van der Waals surface area contributed by atoms with Crippen molar-refractivity contribution in [3.05, 3.63) is 23.8 Å². The Hall–Kier alpha value is -0.850. The first-order valence-corrected chi connectivity index (χ1v) is 4.00. The van der Waals surface area contributed by atoms with Gasteiger partial charge in [-0.2, -0.15) is 0 Å². The summed E-state index contributed by atoms with van der Waals surface area (Å²) in [5.41, 5.74) is 2.53. The van der Waals surface area contributed by atoms with Crippen LogP contribution in [-0.2, 0) is 0 Å². The number of aliphatic imine (C=N–C) groups is 1. The molecule has 0 unspecified atom stereocenters. The van der Waals surface area contributed by atoms with Crippen molar-refractivity contribution in [1.29, 1.82) is 0 Å². The average molecular weight is 151 g/mol. The van der Waals surface area contributed by atoms with Crippen molar-refractivity contribution in [2.75, 3.05) is 7.05 Å². The highest BCUT2D eigenvalue weighted by molar-refractivity contribution is 5.80. The van der Waals surface area contributed by atoms with Crippen molar-refractivity contribution < 1.29 is 0 Å². The van der Waals surface area contributed by atoms with Gasteiger partial charge in [-0.15, -0.1) is 0 Å². The minimum atomic E-state index is 1.09. The molecule has 0 spiro atoms. The predicted molar refractivity (Wildman–Crippen MR) is 52.2 cm³/mol. The maximum absolute atomic E-state index is 3.99. The fourth-order valence-electron chi connectivity index (χ4n) is 0.920. The smallest absolute Gasteiger partial charge is 0.0277 e. The van der Waals surface area contributed by atoms with Gasteiger partial charge in [0.25, 0.3) is 0 Å². The van der Waals surface area contributed by atoms with Gasteiger partial charge in [0.2, 0.25) is 0 Å². The molecule has 0 aromatic heterocycles. The highest BCUT2D eigenvalue weighted by atomic mass is 14.6. The zero-order valence-electron chi connectivity index (χ0n) is 7.72. The Morgan fingerprint density at radius 3 is 2.55 bits per heavy atom. The van der Waals surface area contributed by atoms with Crippen molar-refractivity contribution in [2.24, 2.45) is 4.99 Å². The highest BCUT2D eigenvalue weighted by Crippen LogP contribution is 2.09. The molecule has 0 bridgehead atoms. The normalized spacial score (nSPS) is 13.4. The fraction of sp³-hybridized carbons (Fsp3) is 0.500. The Morgan fingerprint density at radius 2 is 2.18 bits per heavy atom. The second-order valence-corrected chi connectivity index (χ2v) is 2.55. The van der Waals surface area contributed by atoms with Crippen LogP contribution in [0.3, 0.4) is 0 Å². The molecular formula is C10H17N. The van der Waals surface area contributed by atoms with Gasteiger partial charge in [0.15, 0.2) is 0 Å². The number of hydrogen-bond donors (Lipinski definition) is 0. The monoisotopic (exact) mass is 151 g/mol. The Balaban J connectivity index is 4.42. The van der Waals surface area contributed by atoms with Gasteiger partial charge in [0, 0.05) is 13.3 Å². The van der Waals surface area contributed by atoms with Crippen LogP contribution in [-0.4, -0.2) is 13.3 Å². The van der Waals surface area contributed by atoms with Crippen LogP contribution in [0.2, 0.25) is 0 Å².